The maximum absolute atomic E-state index is 11.9. The van der Waals surface area contributed by atoms with Crippen molar-refractivity contribution in [3.05, 3.63) is 96.1 Å². The zero-order chi connectivity index (χ0) is 35.2. The summed E-state index contributed by atoms with van der Waals surface area (Å²) < 4.78 is 77.3. The minimum atomic E-state index is -4.80. The van der Waals surface area contributed by atoms with Gasteiger partial charge in [-0.1, -0.05) is 94.5 Å². The van der Waals surface area contributed by atoms with Crippen LogP contribution in [0.2, 0.25) is 0 Å². The molecule has 2 N–H and O–H groups in total. The largest absolute Gasteiger partial charge is 2.00 e. The van der Waals surface area contributed by atoms with Crippen molar-refractivity contribution >= 4 is 58.0 Å². The van der Waals surface area contributed by atoms with Gasteiger partial charge < -0.3 is 24.2 Å². The van der Waals surface area contributed by atoms with Crippen LogP contribution in [0.3, 0.4) is 0 Å². The van der Waals surface area contributed by atoms with Gasteiger partial charge in [0.1, 0.15) is 43.8 Å². The molecule has 4 aromatic rings. The third-order valence-electron chi connectivity index (χ3n) is 7.36. The Morgan fingerprint density at radius 3 is 1.47 bits per heavy atom. The maximum Gasteiger partial charge on any atom is 2.00 e. The van der Waals surface area contributed by atoms with Crippen LogP contribution < -0.4 is 14.6 Å². The Bertz CT molecular complexity index is 1680. The number of ether oxygens (including phenoxy) is 2. The summed E-state index contributed by atoms with van der Waals surface area (Å²) in [6, 6.07) is 22.7. The molecular weight excluding hydrogens is 697 g/mol. The molecule has 0 bridgehead atoms. The second kappa shape index (κ2) is 20.7. The molecule has 0 atom stereocenters. The monoisotopic (exact) mass is 738 g/mol. The predicted molar refractivity (Wildman–Crippen MR) is 186 cm³/mol. The summed E-state index contributed by atoms with van der Waals surface area (Å²) >= 11 is 0. The van der Waals surface area contributed by atoms with Crippen LogP contribution in [0, 0.1) is 0 Å². The molecule has 13 heteroatoms. The third kappa shape index (κ3) is 14.1. The molecule has 4 rings (SSSR count). The van der Waals surface area contributed by atoms with E-state index in [9.17, 15) is 36.2 Å². The number of aryl methyl sites for hydroxylation is 2. The Morgan fingerprint density at radius 2 is 1.06 bits per heavy atom. The van der Waals surface area contributed by atoms with E-state index in [1.807, 2.05) is 24.3 Å². The van der Waals surface area contributed by atoms with E-state index in [2.05, 4.69) is 13.8 Å². The van der Waals surface area contributed by atoms with E-state index in [1.54, 1.807) is 36.4 Å². The summed E-state index contributed by atoms with van der Waals surface area (Å²) in [4.78, 5) is -1.21. The van der Waals surface area contributed by atoms with Gasteiger partial charge in [-0.2, -0.15) is 8.42 Å². The van der Waals surface area contributed by atoms with Gasteiger partial charge in [-0.05, 0) is 79.3 Å². The van der Waals surface area contributed by atoms with Crippen LogP contribution in [-0.4, -0.2) is 68.8 Å². The first-order chi connectivity index (χ1) is 22.8. The molecular formula is C36H42CaO10S2. The average Bonchev–Trinajstić information content (AvgIpc) is 3.03. The van der Waals surface area contributed by atoms with Crippen molar-refractivity contribution in [3.63, 3.8) is 0 Å². The number of para-hydroxylation sites is 2. The smallest absolute Gasteiger partial charge is 0.872 e. The molecule has 260 valence electrons. The van der Waals surface area contributed by atoms with Crippen molar-refractivity contribution in [1.29, 1.82) is 0 Å². The van der Waals surface area contributed by atoms with Crippen LogP contribution in [0.4, 0.5) is 0 Å². The maximum atomic E-state index is 11.9. The number of hydrogen-bond acceptors (Lipinski definition) is 9. The van der Waals surface area contributed by atoms with E-state index in [4.69, 9.17) is 9.47 Å². The molecule has 0 saturated heterocycles. The van der Waals surface area contributed by atoms with Crippen LogP contribution in [0.15, 0.2) is 94.7 Å². The van der Waals surface area contributed by atoms with E-state index in [-0.39, 0.29) is 37.7 Å². The molecule has 4 aromatic carbocycles. The van der Waals surface area contributed by atoms with Crippen LogP contribution in [0.1, 0.15) is 76.3 Å². The molecule has 0 aliphatic rings. The summed E-state index contributed by atoms with van der Waals surface area (Å²) in [6.45, 7) is 4.21. The van der Waals surface area contributed by atoms with Crippen molar-refractivity contribution in [3.8, 4) is 34.5 Å². The van der Waals surface area contributed by atoms with Crippen molar-refractivity contribution in [2.24, 2.45) is 0 Å². The van der Waals surface area contributed by atoms with E-state index < -0.39 is 41.5 Å². The predicted octanol–water partition coefficient (Wildman–Crippen LogP) is 7.75. The Balaban J connectivity index is 0.000000333. The van der Waals surface area contributed by atoms with Gasteiger partial charge in [-0.3, -0.25) is 4.55 Å². The van der Waals surface area contributed by atoms with Crippen molar-refractivity contribution in [1.82, 2.24) is 0 Å². The van der Waals surface area contributed by atoms with Crippen molar-refractivity contribution < 1.29 is 45.6 Å². The van der Waals surface area contributed by atoms with Gasteiger partial charge in [-0.15, -0.1) is 0 Å². The Labute approximate surface area is 319 Å². The number of benzene rings is 4. The van der Waals surface area contributed by atoms with Gasteiger partial charge in [-0.25, -0.2) is 8.42 Å². The summed E-state index contributed by atoms with van der Waals surface area (Å²) in [5.41, 5.74) is 1.20. The Kier molecular flexibility index (Phi) is 17.9. The number of phenolic OH excluding ortho intramolecular Hbond substituents is 1. The Morgan fingerprint density at radius 1 is 0.633 bits per heavy atom. The van der Waals surface area contributed by atoms with Crippen LogP contribution in [0.25, 0.3) is 0 Å². The van der Waals surface area contributed by atoms with Crippen LogP contribution in [-0.2, 0) is 33.1 Å². The number of phenols is 1. The van der Waals surface area contributed by atoms with Gasteiger partial charge in [0.2, 0.25) is 0 Å². The van der Waals surface area contributed by atoms with Gasteiger partial charge in [0.15, 0.2) is 0 Å². The summed E-state index contributed by atoms with van der Waals surface area (Å²) in [5.74, 6) is 0.461. The number of hydrogen-bond donors (Lipinski definition) is 2. The number of unbranched alkanes of at least 4 members (excludes halogenated alkanes) is 6. The normalized spacial score (nSPS) is 11.2. The first kappa shape index (κ1) is 42.3. The molecule has 0 aromatic heterocycles. The van der Waals surface area contributed by atoms with Crippen LogP contribution in [0.5, 0.6) is 34.5 Å². The average molecular weight is 739 g/mol. The van der Waals surface area contributed by atoms with E-state index in [0.29, 0.717) is 47.0 Å². The Hall–Kier alpha value is -2.84. The minimum absolute atomic E-state index is 0. The SMILES string of the molecule is CCCCCCc1cc(S(=O)(=O)O)c(O)cc1Oc1ccccc1.CCCCCCc1cc(S(=O)(=O)[O-])c([O-])cc1Oc1ccccc1.[Ca+2]. The van der Waals surface area contributed by atoms with Gasteiger partial charge in [0, 0.05) is 11.0 Å². The molecule has 0 radical (unpaired) electrons. The fourth-order valence-electron chi connectivity index (χ4n) is 4.87. The van der Waals surface area contributed by atoms with Crippen molar-refractivity contribution in [2.45, 2.75) is 87.8 Å². The molecule has 0 aliphatic heterocycles. The molecule has 10 nitrogen and oxygen atoms in total. The number of aromatic hydroxyl groups is 1. The zero-order valence-electron chi connectivity index (χ0n) is 27.8. The first-order valence-corrected chi connectivity index (χ1v) is 18.8. The quantitative estimate of drug-likeness (QED) is 0.0657. The van der Waals surface area contributed by atoms with E-state index >= 15 is 0 Å². The minimum Gasteiger partial charge on any atom is -0.872 e. The zero-order valence-corrected chi connectivity index (χ0v) is 31.7. The third-order valence-corrected chi connectivity index (χ3v) is 9.10. The van der Waals surface area contributed by atoms with Crippen molar-refractivity contribution in [2.75, 3.05) is 0 Å². The number of rotatable bonds is 16. The molecule has 0 unspecified atom stereocenters. The standard InChI is InChI=1S/2C18H22O5S.Ca/c2*1-2-3-4-6-9-14-12-18(24(20,21)22)16(19)13-17(14)23-15-10-7-5-8-11-15;/h2*5,7-8,10-13,19H,2-4,6,9H2,1H3,(H,20,21,22);/q;;+2/p-2. The van der Waals surface area contributed by atoms with Gasteiger partial charge in [0.05, 0.1) is 0 Å². The van der Waals surface area contributed by atoms with Gasteiger partial charge in [0.25, 0.3) is 10.1 Å². The second-order valence-corrected chi connectivity index (χ2v) is 14.0. The first-order valence-electron chi connectivity index (χ1n) is 15.9. The molecule has 0 aliphatic carbocycles. The fourth-order valence-corrected chi connectivity index (χ4v) is 6.08. The summed E-state index contributed by atoms with van der Waals surface area (Å²) in [7, 11) is -9.29. The fraction of sp³-hybridized carbons (Fsp3) is 0.333. The van der Waals surface area contributed by atoms with E-state index in [1.165, 1.54) is 12.1 Å². The molecule has 0 fully saturated rings. The molecule has 49 heavy (non-hydrogen) atoms. The van der Waals surface area contributed by atoms with Gasteiger partial charge >= 0.3 is 37.7 Å². The topological polar surface area (TPSA) is 173 Å². The van der Waals surface area contributed by atoms with Crippen LogP contribution >= 0.6 is 0 Å². The molecule has 0 saturated carbocycles. The molecule has 0 amide bonds. The molecule has 0 spiro atoms. The van der Waals surface area contributed by atoms with E-state index in [0.717, 1.165) is 63.5 Å². The summed E-state index contributed by atoms with van der Waals surface area (Å²) in [5, 5.41) is 21.9. The summed E-state index contributed by atoms with van der Waals surface area (Å²) in [6.07, 6.45) is 9.19. The second-order valence-electron chi connectivity index (χ2n) is 11.2. The molecule has 0 heterocycles.